The Morgan fingerprint density at radius 2 is 1.29 bits per heavy atom. The molecule has 0 aromatic heterocycles. The molecule has 1 unspecified atom stereocenters. The predicted octanol–water partition coefficient (Wildman–Crippen LogP) is 4.13. The summed E-state index contributed by atoms with van der Waals surface area (Å²) in [5.74, 6) is 0. The van der Waals surface area contributed by atoms with Crippen molar-refractivity contribution in [2.75, 3.05) is 0 Å². The van der Waals surface area contributed by atoms with Crippen LogP contribution < -0.4 is 15.6 Å². The van der Waals surface area contributed by atoms with Gasteiger partial charge in [0.2, 0.25) is 7.38 Å². The van der Waals surface area contributed by atoms with Crippen molar-refractivity contribution < 1.29 is 0 Å². The third kappa shape index (κ3) is 2.94. The Morgan fingerprint density at radius 1 is 0.667 bits per heavy atom. The highest BCUT2D eigenvalue weighted by molar-refractivity contribution is 7.40. The van der Waals surface area contributed by atoms with Crippen LogP contribution in [0.15, 0.2) is 66.7 Å². The van der Waals surface area contributed by atoms with Gasteiger partial charge < -0.3 is 0 Å². The molecule has 0 saturated heterocycles. The van der Waals surface area contributed by atoms with Crippen molar-refractivity contribution >= 4 is 34.0 Å². The van der Waals surface area contributed by atoms with Crippen molar-refractivity contribution in [2.24, 2.45) is 0 Å². The zero-order valence-electron chi connectivity index (χ0n) is 14.7. The van der Waals surface area contributed by atoms with Gasteiger partial charge in [0, 0.05) is 0 Å². The van der Waals surface area contributed by atoms with Gasteiger partial charge in [-0.25, -0.2) is 0 Å². The average molecular weight is 351 g/mol. The van der Waals surface area contributed by atoms with Crippen LogP contribution in [0.25, 0.3) is 0 Å². The van der Waals surface area contributed by atoms with E-state index in [1.54, 1.807) is 0 Å². The molecule has 3 rings (SSSR count). The molecule has 0 saturated carbocycles. The summed E-state index contributed by atoms with van der Waals surface area (Å²) >= 11 is 7.58. The smallest absolute Gasteiger partial charge is 0.149 e. The molecule has 0 N–H and O–H groups in total. The Balaban J connectivity index is 2.35. The van der Waals surface area contributed by atoms with E-state index < -0.39 is 7.38 Å². The van der Waals surface area contributed by atoms with Crippen molar-refractivity contribution in [2.45, 2.75) is 27.7 Å². The van der Waals surface area contributed by atoms with Crippen molar-refractivity contribution in [3.05, 3.63) is 89.0 Å². The van der Waals surface area contributed by atoms with E-state index in [0.717, 1.165) is 0 Å². The minimum absolute atomic E-state index is 1.24. The molecule has 24 heavy (non-hydrogen) atoms. The lowest BCUT2D eigenvalue weighted by Gasteiger charge is -2.29. The zero-order chi connectivity index (χ0) is 17.3. The second kappa shape index (κ2) is 6.58. The molecule has 0 bridgehead atoms. The Bertz CT molecular complexity index is 850. The van der Waals surface area contributed by atoms with Crippen LogP contribution in [0.4, 0.5) is 0 Å². The summed E-state index contributed by atoms with van der Waals surface area (Å²) in [5.41, 5.74) is 5.14. The third-order valence-corrected chi connectivity index (χ3v) is 10.2. The van der Waals surface area contributed by atoms with E-state index in [0.29, 0.717) is 0 Å². The molecule has 0 aliphatic heterocycles. The van der Waals surface area contributed by atoms with Crippen LogP contribution >= 0.6 is 11.1 Å². The van der Waals surface area contributed by atoms with Gasteiger partial charge in [-0.15, -0.1) is 11.1 Å². The molecular weight excluding hydrogens is 328 g/mol. The first-order valence-corrected chi connectivity index (χ1v) is 11.3. The maximum absolute atomic E-state index is 7.58. The van der Waals surface area contributed by atoms with Gasteiger partial charge >= 0.3 is 0 Å². The van der Waals surface area contributed by atoms with E-state index >= 15 is 0 Å². The Morgan fingerprint density at radius 3 is 1.92 bits per heavy atom. The lowest BCUT2D eigenvalue weighted by atomic mass is 10.1. The van der Waals surface area contributed by atoms with Gasteiger partial charge in [0.25, 0.3) is 0 Å². The first kappa shape index (κ1) is 17.0. The number of halogens is 1. The van der Waals surface area contributed by atoms with Crippen molar-refractivity contribution in [1.82, 2.24) is 0 Å². The minimum Gasteiger partial charge on any atom is -0.149 e. The molecule has 122 valence electrons. The van der Waals surface area contributed by atoms with Gasteiger partial charge in [0.1, 0.15) is 0 Å². The highest BCUT2D eigenvalue weighted by atomic mass is 35.6. The molecule has 0 spiro atoms. The fourth-order valence-corrected chi connectivity index (χ4v) is 8.26. The molecule has 2 heteroatoms. The van der Waals surface area contributed by atoms with Crippen LogP contribution in [0, 0.1) is 27.7 Å². The third-order valence-electron chi connectivity index (χ3n) is 4.77. The van der Waals surface area contributed by atoms with Crippen molar-refractivity contribution in [3.63, 3.8) is 0 Å². The number of hydrogen-bond donors (Lipinski definition) is 0. The van der Waals surface area contributed by atoms with Gasteiger partial charge in [-0.05, 0) is 54.4 Å². The molecule has 3 aromatic carbocycles. The molecule has 0 fully saturated rings. The SMILES string of the molecule is Cc1cc(C)cc([Si](Cl)(c2ccccc2)c2cccc(C)c2C)c1. The quantitative estimate of drug-likeness (QED) is 0.378. The lowest BCUT2D eigenvalue weighted by molar-refractivity contribution is 1.36. The summed E-state index contributed by atoms with van der Waals surface area (Å²) in [6.07, 6.45) is 0. The fourth-order valence-electron chi connectivity index (χ4n) is 3.44. The average Bonchev–Trinajstić information content (AvgIpc) is 2.56. The van der Waals surface area contributed by atoms with E-state index in [4.69, 9.17) is 11.1 Å². The minimum atomic E-state index is -2.54. The summed E-state index contributed by atoms with van der Waals surface area (Å²) in [7, 11) is -2.54. The molecular formula is C22H23ClSi. The number of rotatable bonds is 3. The van der Waals surface area contributed by atoms with E-state index in [1.165, 1.54) is 37.8 Å². The second-order valence-electron chi connectivity index (χ2n) is 6.65. The maximum Gasteiger partial charge on any atom is 0.248 e. The van der Waals surface area contributed by atoms with Gasteiger partial charge in [0.15, 0.2) is 0 Å². The molecule has 0 aliphatic carbocycles. The van der Waals surface area contributed by atoms with E-state index in [-0.39, 0.29) is 0 Å². The maximum atomic E-state index is 7.58. The standard InChI is InChI=1S/C22H23ClSi/c1-16-13-17(2)15-21(14-16)24(23,20-10-6-5-7-11-20)22-12-8-9-18(3)19(22)4/h5-15H,1-4H3. The summed E-state index contributed by atoms with van der Waals surface area (Å²) in [4.78, 5) is 0. The molecule has 0 aliphatic rings. The molecule has 0 heterocycles. The highest BCUT2D eigenvalue weighted by Gasteiger charge is 2.39. The van der Waals surface area contributed by atoms with E-state index in [9.17, 15) is 0 Å². The molecule has 0 nitrogen and oxygen atoms in total. The highest BCUT2D eigenvalue weighted by Crippen LogP contribution is 2.17. The van der Waals surface area contributed by atoms with E-state index in [1.807, 2.05) is 0 Å². The molecule has 0 amide bonds. The summed E-state index contributed by atoms with van der Waals surface area (Å²) < 4.78 is 0. The number of benzene rings is 3. The van der Waals surface area contributed by atoms with Gasteiger partial charge in [-0.3, -0.25) is 0 Å². The Labute approximate surface area is 150 Å². The number of aryl methyl sites for hydroxylation is 3. The normalized spacial score (nSPS) is 13.5. The zero-order valence-corrected chi connectivity index (χ0v) is 16.5. The topological polar surface area (TPSA) is 0 Å². The molecule has 0 radical (unpaired) electrons. The van der Waals surface area contributed by atoms with Crippen LogP contribution in [-0.4, -0.2) is 7.38 Å². The second-order valence-corrected chi connectivity index (χ2v) is 11.4. The van der Waals surface area contributed by atoms with Crippen LogP contribution in [0.1, 0.15) is 22.3 Å². The fraction of sp³-hybridized carbons (Fsp3) is 0.182. The van der Waals surface area contributed by atoms with Crippen molar-refractivity contribution in [1.29, 1.82) is 0 Å². The van der Waals surface area contributed by atoms with Gasteiger partial charge in [-0.2, -0.15) is 0 Å². The van der Waals surface area contributed by atoms with Crippen LogP contribution in [-0.2, 0) is 0 Å². The first-order chi connectivity index (χ1) is 11.4. The summed E-state index contributed by atoms with van der Waals surface area (Å²) in [6, 6.07) is 23.8. The van der Waals surface area contributed by atoms with Crippen LogP contribution in [0.2, 0.25) is 0 Å². The Hall–Kier alpha value is -1.83. The van der Waals surface area contributed by atoms with Crippen LogP contribution in [0.5, 0.6) is 0 Å². The number of hydrogen-bond acceptors (Lipinski definition) is 0. The molecule has 3 aromatic rings. The van der Waals surface area contributed by atoms with Crippen molar-refractivity contribution in [3.8, 4) is 0 Å². The monoisotopic (exact) mass is 350 g/mol. The van der Waals surface area contributed by atoms with Gasteiger partial charge in [-0.1, -0.05) is 77.9 Å². The summed E-state index contributed by atoms with van der Waals surface area (Å²) in [6.45, 7) is 8.66. The Kier molecular flexibility index (Phi) is 4.66. The van der Waals surface area contributed by atoms with E-state index in [2.05, 4.69) is 94.4 Å². The first-order valence-electron chi connectivity index (χ1n) is 8.33. The lowest BCUT2D eigenvalue weighted by Crippen LogP contribution is -2.63. The van der Waals surface area contributed by atoms with Gasteiger partial charge in [0.05, 0.1) is 0 Å². The summed E-state index contributed by atoms with van der Waals surface area (Å²) in [5, 5.41) is 3.80. The largest absolute Gasteiger partial charge is 0.248 e. The predicted molar refractivity (Wildman–Crippen MR) is 109 cm³/mol. The molecule has 1 atom stereocenters. The van der Waals surface area contributed by atoms with Crippen LogP contribution in [0.3, 0.4) is 0 Å².